The van der Waals surface area contributed by atoms with Crippen molar-refractivity contribution in [2.45, 2.75) is 39.3 Å². The van der Waals surface area contributed by atoms with Gasteiger partial charge in [0, 0.05) is 30.9 Å². The first-order valence-corrected chi connectivity index (χ1v) is 8.19. The Kier molecular flexibility index (Phi) is 4.33. The van der Waals surface area contributed by atoms with E-state index in [1.807, 2.05) is 24.0 Å². The summed E-state index contributed by atoms with van der Waals surface area (Å²) in [7, 11) is 0. The van der Waals surface area contributed by atoms with Crippen LogP contribution < -0.4 is 5.56 Å². The zero-order valence-corrected chi connectivity index (χ0v) is 13.7. The van der Waals surface area contributed by atoms with Gasteiger partial charge in [0.25, 0.3) is 11.5 Å². The van der Waals surface area contributed by atoms with Gasteiger partial charge in [-0.2, -0.15) is 0 Å². The predicted octanol–water partition coefficient (Wildman–Crippen LogP) is 3.15. The van der Waals surface area contributed by atoms with Crippen LogP contribution in [0.3, 0.4) is 0 Å². The van der Waals surface area contributed by atoms with E-state index in [1.165, 1.54) is 17.2 Å². The predicted molar refractivity (Wildman–Crippen MR) is 90.6 cm³/mol. The van der Waals surface area contributed by atoms with Gasteiger partial charge in [-0.15, -0.1) is 0 Å². The lowest BCUT2D eigenvalue weighted by molar-refractivity contribution is 0.0735. The normalized spacial score (nSPS) is 17.5. The van der Waals surface area contributed by atoms with E-state index in [0.717, 1.165) is 19.4 Å². The summed E-state index contributed by atoms with van der Waals surface area (Å²) in [5, 5.41) is 0. The summed E-state index contributed by atoms with van der Waals surface area (Å²) in [6, 6.07) is 11.5. The van der Waals surface area contributed by atoms with Crippen molar-refractivity contribution in [2.75, 3.05) is 6.54 Å². The second-order valence-electron chi connectivity index (χ2n) is 6.05. The fourth-order valence-corrected chi connectivity index (χ4v) is 3.36. The van der Waals surface area contributed by atoms with E-state index in [-0.39, 0.29) is 17.5 Å². The number of nitrogens with zero attached hydrogens (tertiary/aromatic N) is 2. The molecule has 0 unspecified atom stereocenters. The van der Waals surface area contributed by atoms with E-state index in [0.29, 0.717) is 12.1 Å². The van der Waals surface area contributed by atoms with Gasteiger partial charge in [0.2, 0.25) is 0 Å². The molecule has 4 nitrogen and oxygen atoms in total. The van der Waals surface area contributed by atoms with Crippen molar-refractivity contribution in [3.8, 4) is 0 Å². The van der Waals surface area contributed by atoms with Crippen LogP contribution in [0.15, 0.2) is 47.4 Å². The minimum atomic E-state index is -0.120. The lowest BCUT2D eigenvalue weighted by Gasteiger charge is -2.26. The molecule has 23 heavy (non-hydrogen) atoms. The highest BCUT2D eigenvalue weighted by Crippen LogP contribution is 2.34. The number of rotatable bonds is 3. The second-order valence-corrected chi connectivity index (χ2v) is 6.05. The zero-order valence-electron chi connectivity index (χ0n) is 13.7. The Bertz CT molecular complexity index is 779. The van der Waals surface area contributed by atoms with Crippen molar-refractivity contribution in [2.24, 2.45) is 0 Å². The van der Waals surface area contributed by atoms with E-state index in [1.54, 1.807) is 16.8 Å². The van der Waals surface area contributed by atoms with Crippen molar-refractivity contribution in [3.63, 3.8) is 0 Å². The molecule has 1 aliphatic heterocycles. The Balaban J connectivity index is 1.91. The fraction of sp³-hybridized carbons (Fsp3) is 0.368. The Morgan fingerprint density at radius 3 is 2.74 bits per heavy atom. The van der Waals surface area contributed by atoms with Gasteiger partial charge >= 0.3 is 0 Å². The van der Waals surface area contributed by atoms with Crippen LogP contribution >= 0.6 is 0 Å². The Morgan fingerprint density at radius 2 is 2.04 bits per heavy atom. The lowest BCUT2D eigenvalue weighted by atomic mass is 9.99. The summed E-state index contributed by atoms with van der Waals surface area (Å²) in [4.78, 5) is 26.8. The van der Waals surface area contributed by atoms with Crippen molar-refractivity contribution < 1.29 is 4.79 Å². The summed E-state index contributed by atoms with van der Waals surface area (Å²) >= 11 is 0. The lowest BCUT2D eigenvalue weighted by Crippen LogP contribution is -2.32. The Hall–Kier alpha value is -2.36. The maximum atomic E-state index is 12.9. The molecule has 1 aromatic heterocycles. The maximum Gasteiger partial charge on any atom is 0.254 e. The van der Waals surface area contributed by atoms with Crippen LogP contribution in [0.2, 0.25) is 0 Å². The summed E-state index contributed by atoms with van der Waals surface area (Å²) in [5.74, 6) is -0.0453. The minimum absolute atomic E-state index is 0.0453. The molecule has 4 heteroatoms. The summed E-state index contributed by atoms with van der Waals surface area (Å²) in [5.41, 5.74) is 2.78. The number of amides is 1. The van der Waals surface area contributed by atoms with Gasteiger partial charge in [-0.25, -0.2) is 0 Å². The van der Waals surface area contributed by atoms with E-state index in [9.17, 15) is 9.59 Å². The molecule has 2 heterocycles. The highest BCUT2D eigenvalue weighted by Gasteiger charge is 2.31. The molecule has 1 aliphatic rings. The monoisotopic (exact) mass is 310 g/mol. The molecule has 1 fully saturated rings. The number of hydrogen-bond donors (Lipinski definition) is 0. The second kappa shape index (κ2) is 6.41. The van der Waals surface area contributed by atoms with Gasteiger partial charge in [-0.05, 0) is 43.9 Å². The molecule has 1 saturated heterocycles. The van der Waals surface area contributed by atoms with E-state index in [4.69, 9.17) is 0 Å². The number of carbonyl (C=O) groups is 1. The molecule has 1 aromatic carbocycles. The maximum absolute atomic E-state index is 12.9. The molecule has 0 radical (unpaired) electrons. The third kappa shape index (κ3) is 2.93. The Morgan fingerprint density at radius 1 is 1.26 bits per heavy atom. The van der Waals surface area contributed by atoms with Crippen molar-refractivity contribution in [3.05, 3.63) is 69.6 Å². The van der Waals surface area contributed by atoms with Gasteiger partial charge in [0.1, 0.15) is 0 Å². The smallest absolute Gasteiger partial charge is 0.254 e. The van der Waals surface area contributed by atoms with Crippen LogP contribution in [0.4, 0.5) is 0 Å². The number of aromatic nitrogens is 1. The summed E-state index contributed by atoms with van der Waals surface area (Å²) < 4.78 is 1.60. The summed E-state index contributed by atoms with van der Waals surface area (Å²) in [6.07, 6.45) is 3.67. The molecular weight excluding hydrogens is 288 g/mol. The average Bonchev–Trinajstić information content (AvgIpc) is 3.04. The number of hydrogen-bond acceptors (Lipinski definition) is 2. The first-order chi connectivity index (χ1) is 11.1. The van der Waals surface area contributed by atoms with Crippen LogP contribution in [0.25, 0.3) is 0 Å². The quantitative estimate of drug-likeness (QED) is 0.874. The van der Waals surface area contributed by atoms with Crippen LogP contribution in [0.5, 0.6) is 0 Å². The minimum Gasteiger partial charge on any atom is -0.332 e. The van der Waals surface area contributed by atoms with Crippen LogP contribution in [0, 0.1) is 6.92 Å². The molecular formula is C19H22N2O2. The SMILES string of the molecule is CCn1ccc(C(=O)N2CCC[C@H]2c2ccccc2C)cc1=O. The number of likely N-dealkylation sites (tertiary alicyclic amines) is 1. The van der Waals surface area contributed by atoms with Crippen molar-refractivity contribution in [1.29, 1.82) is 0 Å². The first kappa shape index (κ1) is 15.5. The average molecular weight is 310 g/mol. The van der Waals surface area contributed by atoms with Gasteiger partial charge < -0.3 is 9.47 Å². The van der Waals surface area contributed by atoms with Crippen molar-refractivity contribution >= 4 is 5.91 Å². The topological polar surface area (TPSA) is 42.3 Å². The largest absolute Gasteiger partial charge is 0.332 e. The van der Waals surface area contributed by atoms with Gasteiger partial charge in [0.05, 0.1) is 6.04 Å². The van der Waals surface area contributed by atoms with Crippen LogP contribution in [-0.2, 0) is 6.54 Å². The number of benzene rings is 1. The molecule has 3 rings (SSSR count). The van der Waals surface area contributed by atoms with Gasteiger partial charge in [-0.1, -0.05) is 24.3 Å². The van der Waals surface area contributed by atoms with Crippen LogP contribution in [0.1, 0.15) is 47.3 Å². The molecule has 0 saturated carbocycles. The molecule has 0 bridgehead atoms. The zero-order chi connectivity index (χ0) is 16.4. The van der Waals surface area contributed by atoms with E-state index < -0.39 is 0 Å². The van der Waals surface area contributed by atoms with Crippen LogP contribution in [-0.4, -0.2) is 21.9 Å². The van der Waals surface area contributed by atoms with E-state index >= 15 is 0 Å². The van der Waals surface area contributed by atoms with Gasteiger partial charge in [-0.3, -0.25) is 9.59 Å². The number of pyridine rings is 1. The first-order valence-electron chi connectivity index (χ1n) is 8.19. The molecule has 120 valence electrons. The highest BCUT2D eigenvalue weighted by atomic mass is 16.2. The third-order valence-corrected chi connectivity index (χ3v) is 4.64. The molecule has 2 aromatic rings. The van der Waals surface area contributed by atoms with E-state index in [2.05, 4.69) is 19.1 Å². The van der Waals surface area contributed by atoms with Gasteiger partial charge in [0.15, 0.2) is 0 Å². The number of aryl methyl sites for hydroxylation is 2. The molecule has 0 spiro atoms. The molecule has 1 amide bonds. The molecule has 0 aliphatic carbocycles. The van der Waals surface area contributed by atoms with Crippen molar-refractivity contribution in [1.82, 2.24) is 9.47 Å². The molecule has 0 N–H and O–H groups in total. The standard InChI is InChI=1S/C19H22N2O2/c1-3-20-12-10-15(13-18(20)22)19(23)21-11-6-9-17(21)16-8-5-4-7-14(16)2/h4-5,7-8,10,12-13,17H,3,6,9,11H2,1-2H3/t17-/m0/s1. The fourth-order valence-electron chi connectivity index (χ4n) is 3.36. The molecule has 1 atom stereocenters. The number of carbonyl (C=O) groups excluding carboxylic acids is 1. The third-order valence-electron chi connectivity index (χ3n) is 4.64. The Labute approximate surface area is 136 Å². The summed E-state index contributed by atoms with van der Waals surface area (Å²) in [6.45, 7) is 5.36. The highest BCUT2D eigenvalue weighted by molar-refractivity contribution is 5.94.